The number of thiophene rings is 1. The maximum absolute atomic E-state index is 6.34. The van der Waals surface area contributed by atoms with Gasteiger partial charge in [0.25, 0.3) is 0 Å². The van der Waals surface area contributed by atoms with E-state index in [2.05, 4.69) is 55.6 Å². The highest BCUT2D eigenvalue weighted by atomic mass is 32.1. The van der Waals surface area contributed by atoms with Gasteiger partial charge in [-0.2, -0.15) is 0 Å². The van der Waals surface area contributed by atoms with Crippen molar-refractivity contribution in [3.8, 4) is 0 Å². The van der Waals surface area contributed by atoms with Crippen molar-refractivity contribution in [2.24, 2.45) is 11.7 Å². The standard InChI is InChI=1S/C18H25NS/c1-14(2)12-15-6-3-7-16(13-15)18(19)10-4-8-17-9-5-11-20-17/h3,5-7,9,11,13-14,18H,4,8,10,12,19H2,1-2H3. The lowest BCUT2D eigenvalue weighted by atomic mass is 9.96. The minimum Gasteiger partial charge on any atom is -0.324 e. The Hall–Kier alpha value is -1.12. The first kappa shape index (κ1) is 15.3. The molecule has 0 aliphatic rings. The van der Waals surface area contributed by atoms with Gasteiger partial charge in [0.1, 0.15) is 0 Å². The molecule has 0 radical (unpaired) electrons. The Morgan fingerprint density at radius 2 is 2.00 bits per heavy atom. The van der Waals surface area contributed by atoms with Crippen molar-refractivity contribution in [2.75, 3.05) is 0 Å². The molecule has 1 aromatic heterocycles. The molecule has 0 fully saturated rings. The van der Waals surface area contributed by atoms with Crippen LogP contribution in [0.2, 0.25) is 0 Å². The molecule has 1 heterocycles. The molecule has 20 heavy (non-hydrogen) atoms. The minimum atomic E-state index is 0.169. The fourth-order valence-corrected chi connectivity index (χ4v) is 3.29. The highest BCUT2D eigenvalue weighted by molar-refractivity contribution is 7.09. The van der Waals surface area contributed by atoms with Crippen molar-refractivity contribution in [1.82, 2.24) is 0 Å². The van der Waals surface area contributed by atoms with Gasteiger partial charge in [-0.3, -0.25) is 0 Å². The van der Waals surface area contributed by atoms with Crippen molar-refractivity contribution >= 4 is 11.3 Å². The van der Waals surface area contributed by atoms with E-state index in [9.17, 15) is 0 Å². The van der Waals surface area contributed by atoms with E-state index in [0.717, 1.165) is 25.7 Å². The number of hydrogen-bond acceptors (Lipinski definition) is 2. The lowest BCUT2D eigenvalue weighted by Gasteiger charge is -2.14. The predicted octanol–water partition coefficient (Wildman–Crippen LogP) is 4.97. The van der Waals surface area contributed by atoms with Gasteiger partial charge in [-0.15, -0.1) is 11.3 Å². The van der Waals surface area contributed by atoms with E-state index in [1.165, 1.54) is 16.0 Å². The fourth-order valence-electron chi connectivity index (χ4n) is 2.54. The summed E-state index contributed by atoms with van der Waals surface area (Å²) in [5.74, 6) is 0.695. The van der Waals surface area contributed by atoms with Gasteiger partial charge in [-0.05, 0) is 54.2 Å². The summed E-state index contributed by atoms with van der Waals surface area (Å²) in [6.07, 6.45) is 4.51. The molecule has 0 saturated heterocycles. The minimum absolute atomic E-state index is 0.169. The summed E-state index contributed by atoms with van der Waals surface area (Å²) in [6.45, 7) is 4.52. The lowest BCUT2D eigenvalue weighted by Crippen LogP contribution is -2.11. The second-order valence-electron chi connectivity index (χ2n) is 5.92. The Morgan fingerprint density at radius 1 is 1.15 bits per heavy atom. The van der Waals surface area contributed by atoms with Gasteiger partial charge in [0.05, 0.1) is 0 Å². The third kappa shape index (κ3) is 4.77. The quantitative estimate of drug-likeness (QED) is 0.764. The lowest BCUT2D eigenvalue weighted by molar-refractivity contribution is 0.609. The summed E-state index contributed by atoms with van der Waals surface area (Å²) in [6, 6.07) is 13.3. The van der Waals surface area contributed by atoms with Crippen molar-refractivity contribution in [1.29, 1.82) is 0 Å². The van der Waals surface area contributed by atoms with E-state index in [0.29, 0.717) is 5.92 Å². The van der Waals surface area contributed by atoms with Crippen molar-refractivity contribution < 1.29 is 0 Å². The zero-order valence-electron chi connectivity index (χ0n) is 12.5. The molecule has 0 aliphatic carbocycles. The zero-order chi connectivity index (χ0) is 14.4. The summed E-state index contributed by atoms with van der Waals surface area (Å²) in [4.78, 5) is 1.46. The molecule has 1 unspecified atom stereocenters. The van der Waals surface area contributed by atoms with Gasteiger partial charge < -0.3 is 5.73 Å². The number of nitrogens with two attached hydrogens (primary N) is 1. The number of hydrogen-bond donors (Lipinski definition) is 1. The summed E-state index contributed by atoms with van der Waals surface area (Å²) < 4.78 is 0. The molecule has 0 saturated carbocycles. The molecule has 2 N–H and O–H groups in total. The Bertz CT molecular complexity index is 502. The van der Waals surface area contributed by atoms with Crippen LogP contribution in [-0.2, 0) is 12.8 Å². The second kappa shape index (κ2) is 7.61. The third-order valence-electron chi connectivity index (χ3n) is 3.54. The molecule has 2 rings (SSSR count). The molecule has 0 amide bonds. The van der Waals surface area contributed by atoms with Crippen LogP contribution < -0.4 is 5.73 Å². The van der Waals surface area contributed by atoms with Crippen LogP contribution in [-0.4, -0.2) is 0 Å². The summed E-state index contributed by atoms with van der Waals surface area (Å²) in [5, 5.41) is 2.14. The molecule has 108 valence electrons. The Kier molecular flexibility index (Phi) is 5.81. The largest absolute Gasteiger partial charge is 0.324 e. The average Bonchev–Trinajstić information content (AvgIpc) is 2.91. The van der Waals surface area contributed by atoms with Gasteiger partial charge in [0, 0.05) is 10.9 Å². The topological polar surface area (TPSA) is 26.0 Å². The molecule has 1 aromatic carbocycles. The average molecular weight is 287 g/mol. The fraction of sp³-hybridized carbons (Fsp3) is 0.444. The van der Waals surface area contributed by atoms with E-state index in [1.807, 2.05) is 11.3 Å². The van der Waals surface area contributed by atoms with E-state index >= 15 is 0 Å². The molecule has 1 atom stereocenters. The van der Waals surface area contributed by atoms with Gasteiger partial charge in [-0.25, -0.2) is 0 Å². The van der Waals surface area contributed by atoms with Crippen LogP contribution in [0.3, 0.4) is 0 Å². The third-order valence-corrected chi connectivity index (χ3v) is 4.48. The predicted molar refractivity (Wildman–Crippen MR) is 89.2 cm³/mol. The van der Waals surface area contributed by atoms with Crippen LogP contribution in [0.4, 0.5) is 0 Å². The smallest absolute Gasteiger partial charge is 0.0295 e. The SMILES string of the molecule is CC(C)Cc1cccc(C(N)CCCc2cccs2)c1. The first-order valence-corrected chi connectivity index (χ1v) is 8.40. The van der Waals surface area contributed by atoms with E-state index in [-0.39, 0.29) is 6.04 Å². The van der Waals surface area contributed by atoms with Crippen molar-refractivity contribution in [3.63, 3.8) is 0 Å². The zero-order valence-corrected chi connectivity index (χ0v) is 13.3. The molecule has 0 aliphatic heterocycles. The molecular formula is C18H25NS. The summed E-state index contributed by atoms with van der Waals surface area (Å²) >= 11 is 1.84. The van der Waals surface area contributed by atoms with Crippen LogP contribution in [0.15, 0.2) is 41.8 Å². The highest BCUT2D eigenvalue weighted by Gasteiger charge is 2.07. The number of rotatable bonds is 7. The van der Waals surface area contributed by atoms with Gasteiger partial charge >= 0.3 is 0 Å². The van der Waals surface area contributed by atoms with Crippen LogP contribution in [0, 0.1) is 5.92 Å². The summed E-state index contributed by atoms with van der Waals surface area (Å²) in [7, 11) is 0. The van der Waals surface area contributed by atoms with Crippen LogP contribution in [0.5, 0.6) is 0 Å². The molecule has 1 nitrogen and oxygen atoms in total. The normalized spacial score (nSPS) is 12.8. The molecule has 2 aromatic rings. The Morgan fingerprint density at radius 3 is 2.70 bits per heavy atom. The second-order valence-corrected chi connectivity index (χ2v) is 6.95. The molecule has 0 bridgehead atoms. The van der Waals surface area contributed by atoms with Crippen LogP contribution in [0.1, 0.15) is 48.7 Å². The Labute approximate surface area is 126 Å². The first-order valence-electron chi connectivity index (χ1n) is 7.52. The van der Waals surface area contributed by atoms with Gasteiger partial charge in [-0.1, -0.05) is 44.2 Å². The van der Waals surface area contributed by atoms with Crippen molar-refractivity contribution in [2.45, 2.75) is 45.6 Å². The van der Waals surface area contributed by atoms with E-state index < -0.39 is 0 Å². The van der Waals surface area contributed by atoms with E-state index in [1.54, 1.807) is 0 Å². The summed E-state index contributed by atoms with van der Waals surface area (Å²) in [5.41, 5.74) is 9.03. The van der Waals surface area contributed by atoms with E-state index in [4.69, 9.17) is 5.73 Å². The van der Waals surface area contributed by atoms with Crippen molar-refractivity contribution in [3.05, 3.63) is 57.8 Å². The number of aryl methyl sites for hydroxylation is 1. The molecule has 2 heteroatoms. The maximum atomic E-state index is 6.34. The molecular weight excluding hydrogens is 262 g/mol. The maximum Gasteiger partial charge on any atom is 0.0295 e. The van der Waals surface area contributed by atoms with Crippen LogP contribution in [0.25, 0.3) is 0 Å². The van der Waals surface area contributed by atoms with Crippen LogP contribution >= 0.6 is 11.3 Å². The Balaban J connectivity index is 1.86. The number of benzene rings is 1. The monoisotopic (exact) mass is 287 g/mol. The molecule has 0 spiro atoms. The first-order chi connectivity index (χ1) is 9.65. The highest BCUT2D eigenvalue weighted by Crippen LogP contribution is 2.21. The van der Waals surface area contributed by atoms with Gasteiger partial charge in [0.15, 0.2) is 0 Å². The van der Waals surface area contributed by atoms with Gasteiger partial charge in [0.2, 0.25) is 0 Å².